The molecule has 0 aliphatic carbocycles. The van der Waals surface area contributed by atoms with Gasteiger partial charge in [-0.1, -0.05) is 144 Å². The lowest BCUT2D eigenvalue weighted by Crippen LogP contribution is -2.10. The van der Waals surface area contributed by atoms with Crippen LogP contribution in [0.25, 0.3) is 83.9 Å². The number of aromatic nitrogens is 3. The number of nitrogens with zero attached hydrogens (tertiary/aromatic N) is 3. The molecule has 0 spiro atoms. The molecule has 0 saturated carbocycles. The van der Waals surface area contributed by atoms with Gasteiger partial charge in [-0.2, -0.15) is 0 Å². The SMILES string of the molecule is [2H]C(C)(C)c1cc(-c2ccccc2)cc(-n2c(-c3cc(C)cc(C)c3O)nc3c(-c4cc(-c5ccccc5)cc(-c5cc(-c6ccc(C(C([2H])([2H])[2H])(C([2H])([2H])[2H])C([2H])([2H])[2H])cc6)ccn5)c4)cccc32)c1. The molecule has 0 amide bonds. The van der Waals surface area contributed by atoms with Gasteiger partial charge >= 0.3 is 0 Å². The van der Waals surface area contributed by atoms with Crippen molar-refractivity contribution in [1.82, 2.24) is 14.5 Å². The Balaban J connectivity index is 1.24. The molecular weight excluding hydrogens is 743 g/mol. The smallest absolute Gasteiger partial charge is 0.149 e. The molecule has 0 unspecified atom stereocenters. The summed E-state index contributed by atoms with van der Waals surface area (Å²) in [6.07, 6.45) is 1.66. The number of phenols is 1. The molecular formula is C57H51N3O. The first kappa shape index (κ1) is 29.2. The van der Waals surface area contributed by atoms with Crippen LogP contribution in [0.3, 0.4) is 0 Å². The van der Waals surface area contributed by atoms with Gasteiger partial charge in [-0.25, -0.2) is 4.98 Å². The van der Waals surface area contributed by atoms with Gasteiger partial charge in [-0.3, -0.25) is 9.55 Å². The van der Waals surface area contributed by atoms with E-state index in [2.05, 4.69) is 47.0 Å². The van der Waals surface area contributed by atoms with E-state index in [0.29, 0.717) is 39.3 Å². The van der Waals surface area contributed by atoms with Crippen LogP contribution in [0.2, 0.25) is 0 Å². The van der Waals surface area contributed by atoms with Crippen LogP contribution in [0.1, 0.15) is 76.3 Å². The molecule has 0 bridgehead atoms. The number of aryl methyl sites for hydroxylation is 2. The highest BCUT2D eigenvalue weighted by Crippen LogP contribution is 2.42. The first-order chi connectivity index (χ1) is 33.5. The average molecular weight is 804 g/mol. The third kappa shape index (κ3) is 7.78. The van der Waals surface area contributed by atoms with Crippen molar-refractivity contribution in [3.8, 4) is 78.6 Å². The van der Waals surface area contributed by atoms with Gasteiger partial charge in [0, 0.05) is 36.7 Å². The van der Waals surface area contributed by atoms with Crippen LogP contribution in [0.5, 0.6) is 5.75 Å². The maximum Gasteiger partial charge on any atom is 0.149 e. The summed E-state index contributed by atoms with van der Waals surface area (Å²) in [6.45, 7) is -2.52. The lowest BCUT2D eigenvalue weighted by atomic mass is 9.86. The molecule has 0 saturated heterocycles. The van der Waals surface area contributed by atoms with Crippen molar-refractivity contribution in [2.75, 3.05) is 0 Å². The van der Waals surface area contributed by atoms with Crippen molar-refractivity contribution in [3.63, 3.8) is 0 Å². The highest BCUT2D eigenvalue weighted by Gasteiger charge is 2.23. The summed E-state index contributed by atoms with van der Waals surface area (Å²) >= 11 is 0. The van der Waals surface area contributed by atoms with Crippen LogP contribution in [0, 0.1) is 13.8 Å². The third-order valence-electron chi connectivity index (χ3n) is 11.3. The Bertz CT molecular complexity index is 3410. The molecule has 0 radical (unpaired) electrons. The number of fused-ring (bicyclic) bond motifs is 1. The highest BCUT2D eigenvalue weighted by molar-refractivity contribution is 5.98. The Morgan fingerprint density at radius 2 is 1.25 bits per heavy atom. The summed E-state index contributed by atoms with van der Waals surface area (Å²) in [5.41, 5.74) is 9.97. The van der Waals surface area contributed by atoms with Gasteiger partial charge in [0.05, 0.1) is 22.3 Å². The lowest BCUT2D eigenvalue weighted by molar-refractivity contribution is 0.472. The Labute approximate surface area is 373 Å². The summed E-state index contributed by atoms with van der Waals surface area (Å²) in [5, 5.41) is 11.8. The number of aromatic hydroxyl groups is 1. The van der Waals surface area contributed by atoms with Gasteiger partial charge in [0.15, 0.2) is 0 Å². The highest BCUT2D eigenvalue weighted by atomic mass is 16.3. The van der Waals surface area contributed by atoms with E-state index in [1.54, 1.807) is 24.4 Å². The zero-order valence-corrected chi connectivity index (χ0v) is 34.5. The first-order valence-corrected chi connectivity index (χ1v) is 20.3. The fraction of sp³-hybridized carbons (Fsp3) is 0.158. The monoisotopic (exact) mass is 803 g/mol. The number of para-hydroxylation sites is 1. The average Bonchev–Trinajstić information content (AvgIpc) is 3.71. The van der Waals surface area contributed by atoms with Gasteiger partial charge in [0.25, 0.3) is 0 Å². The minimum atomic E-state index is -3.38. The van der Waals surface area contributed by atoms with E-state index in [0.717, 1.165) is 61.3 Å². The minimum Gasteiger partial charge on any atom is -0.507 e. The van der Waals surface area contributed by atoms with Crippen molar-refractivity contribution in [2.24, 2.45) is 0 Å². The fourth-order valence-corrected chi connectivity index (χ4v) is 8.14. The predicted octanol–water partition coefficient (Wildman–Crippen LogP) is 15.2. The van der Waals surface area contributed by atoms with Crippen molar-refractivity contribution in [1.29, 1.82) is 0 Å². The third-order valence-corrected chi connectivity index (χ3v) is 11.3. The molecule has 2 heterocycles. The van der Waals surface area contributed by atoms with Crippen molar-refractivity contribution >= 4 is 11.0 Å². The van der Waals surface area contributed by atoms with Crippen LogP contribution in [-0.4, -0.2) is 19.6 Å². The molecule has 0 aliphatic heterocycles. The zero-order valence-electron chi connectivity index (χ0n) is 44.5. The number of hydrogen-bond acceptors (Lipinski definition) is 3. The Morgan fingerprint density at radius 3 is 1.93 bits per heavy atom. The second kappa shape index (κ2) is 15.9. The molecule has 9 rings (SSSR count). The molecule has 2 aromatic heterocycles. The quantitative estimate of drug-likeness (QED) is 0.166. The summed E-state index contributed by atoms with van der Waals surface area (Å²) in [5.74, 6) is -0.296. The van der Waals surface area contributed by atoms with Gasteiger partial charge in [-0.05, 0) is 141 Å². The maximum atomic E-state index is 11.8. The molecule has 0 atom stereocenters. The molecule has 4 heteroatoms. The summed E-state index contributed by atoms with van der Waals surface area (Å²) in [7, 11) is 0. The molecule has 0 aliphatic rings. The number of rotatable bonds is 8. The second-order valence-electron chi connectivity index (χ2n) is 16.0. The van der Waals surface area contributed by atoms with E-state index in [1.807, 2.05) is 119 Å². The van der Waals surface area contributed by atoms with E-state index in [4.69, 9.17) is 22.3 Å². The number of phenolic OH excluding ortho intramolecular Hbond substituents is 1. The fourth-order valence-electron chi connectivity index (χ4n) is 8.14. The summed E-state index contributed by atoms with van der Waals surface area (Å²) in [6, 6.07) is 51.7. The van der Waals surface area contributed by atoms with Gasteiger partial charge in [0.2, 0.25) is 0 Å². The molecule has 7 aromatic carbocycles. The van der Waals surface area contributed by atoms with Crippen molar-refractivity contribution in [3.05, 3.63) is 192 Å². The predicted molar refractivity (Wildman–Crippen MR) is 255 cm³/mol. The van der Waals surface area contributed by atoms with Gasteiger partial charge in [0.1, 0.15) is 11.6 Å². The molecule has 9 aromatic rings. The minimum absolute atomic E-state index is 0.120. The van der Waals surface area contributed by atoms with Crippen LogP contribution in [-0.2, 0) is 5.41 Å². The van der Waals surface area contributed by atoms with Crippen molar-refractivity contribution < 1.29 is 18.8 Å². The summed E-state index contributed by atoms with van der Waals surface area (Å²) in [4.78, 5) is 10.3. The Hall–Kier alpha value is -7.04. The number of benzene rings is 7. The van der Waals surface area contributed by atoms with Crippen LogP contribution < -0.4 is 0 Å². The van der Waals surface area contributed by atoms with Crippen LogP contribution in [0.15, 0.2) is 170 Å². The van der Waals surface area contributed by atoms with E-state index in [1.165, 1.54) is 12.1 Å². The zero-order chi connectivity index (χ0) is 50.8. The molecule has 1 N–H and O–H groups in total. The largest absolute Gasteiger partial charge is 0.507 e. The van der Waals surface area contributed by atoms with Crippen LogP contribution in [0.4, 0.5) is 0 Å². The van der Waals surface area contributed by atoms with E-state index in [-0.39, 0.29) is 11.3 Å². The second-order valence-corrected chi connectivity index (χ2v) is 16.0. The molecule has 300 valence electrons. The maximum absolute atomic E-state index is 11.8. The van der Waals surface area contributed by atoms with E-state index < -0.39 is 31.9 Å². The lowest BCUT2D eigenvalue weighted by Gasteiger charge is -2.19. The number of hydrogen-bond donors (Lipinski definition) is 1. The molecule has 61 heavy (non-hydrogen) atoms. The number of imidazole rings is 1. The van der Waals surface area contributed by atoms with Crippen molar-refractivity contribution in [2.45, 2.75) is 59.6 Å². The van der Waals surface area contributed by atoms with E-state index >= 15 is 0 Å². The normalized spacial score (nSPS) is 15.0. The van der Waals surface area contributed by atoms with Gasteiger partial charge < -0.3 is 5.11 Å². The number of pyridine rings is 1. The summed E-state index contributed by atoms with van der Waals surface area (Å²) < 4.78 is 85.0. The molecule has 4 nitrogen and oxygen atoms in total. The topological polar surface area (TPSA) is 50.9 Å². The standard InChI is InChI=1S/C57H51N3O/c1-36(2)43-29-45(40-17-12-9-13-18-40)34-49(33-43)60-53-20-14-19-50(54(53)59-56(60)51-28-37(3)27-38(4)55(51)61)46-30-44(39-15-10-8-11-16-39)31-47(32-46)52-35-42(25-26-58-52)41-21-23-48(24-22-41)57(5,6)7/h8-36,61H,1-7H3/i5D3,6D3,7D3,36D. The van der Waals surface area contributed by atoms with Crippen LogP contribution >= 0.6 is 0 Å². The molecule has 0 fully saturated rings. The van der Waals surface area contributed by atoms with E-state index in [9.17, 15) is 6.48 Å². The Morgan fingerprint density at radius 1 is 0.590 bits per heavy atom. The first-order valence-electron chi connectivity index (χ1n) is 25.3. The van der Waals surface area contributed by atoms with Gasteiger partial charge in [-0.15, -0.1) is 0 Å². The Kier molecular flexibility index (Phi) is 7.60.